The summed E-state index contributed by atoms with van der Waals surface area (Å²) < 4.78 is 1.41. The molecule has 1 aromatic carbocycles. The first-order valence-corrected chi connectivity index (χ1v) is 12.5. The van der Waals surface area contributed by atoms with Gasteiger partial charge in [0, 0.05) is 14.4 Å². The second-order valence-corrected chi connectivity index (χ2v) is 15.1. The SMILES string of the molecule is CCC(Sc1cccc(O)c1SC(CC)SC(C)(C)C)SC(C)(C)C. The third-order valence-corrected chi connectivity index (χ3v) is 9.44. The van der Waals surface area contributed by atoms with Crippen molar-refractivity contribution in [2.24, 2.45) is 0 Å². The molecule has 0 radical (unpaired) electrons. The average molecular weight is 419 g/mol. The zero-order chi connectivity index (χ0) is 19.3. The Balaban J connectivity index is 3.00. The molecule has 0 saturated heterocycles. The number of benzene rings is 1. The first-order chi connectivity index (χ1) is 11.4. The van der Waals surface area contributed by atoms with Crippen LogP contribution < -0.4 is 0 Å². The molecule has 1 rings (SSSR count). The van der Waals surface area contributed by atoms with E-state index in [2.05, 4.69) is 61.5 Å². The molecule has 0 heterocycles. The van der Waals surface area contributed by atoms with E-state index < -0.39 is 0 Å². The third-order valence-electron chi connectivity index (χ3n) is 3.10. The van der Waals surface area contributed by atoms with Crippen LogP contribution in [-0.4, -0.2) is 23.8 Å². The van der Waals surface area contributed by atoms with Gasteiger partial charge in [-0.1, -0.05) is 61.5 Å². The molecule has 0 aromatic heterocycles. The van der Waals surface area contributed by atoms with Crippen LogP contribution in [0.15, 0.2) is 28.0 Å². The van der Waals surface area contributed by atoms with Gasteiger partial charge in [0.2, 0.25) is 0 Å². The predicted octanol–water partition coefficient (Wildman–Crippen LogP) is 8.11. The zero-order valence-corrected chi connectivity index (χ0v) is 20.1. The molecule has 0 fully saturated rings. The zero-order valence-electron chi connectivity index (χ0n) is 16.9. The van der Waals surface area contributed by atoms with E-state index in [0.717, 1.165) is 17.7 Å². The number of phenols is 1. The topological polar surface area (TPSA) is 20.2 Å². The first-order valence-electron chi connectivity index (χ1n) is 8.96. The van der Waals surface area contributed by atoms with Gasteiger partial charge in [0.05, 0.1) is 14.1 Å². The molecule has 0 spiro atoms. The Bertz CT molecular complexity index is 531. The van der Waals surface area contributed by atoms with Gasteiger partial charge in [0.15, 0.2) is 0 Å². The molecule has 144 valence electrons. The summed E-state index contributed by atoms with van der Waals surface area (Å²) >= 11 is 7.72. The van der Waals surface area contributed by atoms with Gasteiger partial charge in [0.25, 0.3) is 0 Å². The minimum atomic E-state index is 0.222. The fourth-order valence-electron chi connectivity index (χ4n) is 2.16. The molecule has 1 aromatic rings. The molecule has 1 N–H and O–H groups in total. The second-order valence-electron chi connectivity index (χ2n) is 7.98. The average Bonchev–Trinajstić information content (AvgIpc) is 2.46. The van der Waals surface area contributed by atoms with Crippen LogP contribution in [-0.2, 0) is 0 Å². The predicted molar refractivity (Wildman–Crippen MR) is 123 cm³/mol. The summed E-state index contributed by atoms with van der Waals surface area (Å²) in [6, 6.07) is 5.94. The number of phenolic OH excluding ortho intramolecular Hbond substituents is 1. The monoisotopic (exact) mass is 418 g/mol. The van der Waals surface area contributed by atoms with Gasteiger partial charge in [-0.2, -0.15) is 0 Å². The number of thioether (sulfide) groups is 4. The van der Waals surface area contributed by atoms with Crippen LogP contribution >= 0.6 is 47.0 Å². The van der Waals surface area contributed by atoms with Gasteiger partial charge in [-0.25, -0.2) is 0 Å². The summed E-state index contributed by atoms with van der Waals surface area (Å²) in [6.07, 6.45) is 2.19. The van der Waals surface area contributed by atoms with Gasteiger partial charge in [0.1, 0.15) is 5.75 Å². The van der Waals surface area contributed by atoms with Crippen molar-refractivity contribution in [3.63, 3.8) is 0 Å². The van der Waals surface area contributed by atoms with Gasteiger partial charge in [-0.15, -0.1) is 47.0 Å². The minimum Gasteiger partial charge on any atom is -0.507 e. The summed E-state index contributed by atoms with van der Waals surface area (Å²) in [5, 5.41) is 10.5. The van der Waals surface area contributed by atoms with E-state index in [4.69, 9.17) is 0 Å². The van der Waals surface area contributed by atoms with Gasteiger partial charge >= 0.3 is 0 Å². The van der Waals surface area contributed by atoms with Crippen molar-refractivity contribution < 1.29 is 5.11 Å². The van der Waals surface area contributed by atoms with Gasteiger partial charge < -0.3 is 5.11 Å². The highest BCUT2D eigenvalue weighted by atomic mass is 32.2. The Morgan fingerprint density at radius 2 is 1.32 bits per heavy atom. The van der Waals surface area contributed by atoms with E-state index in [0.29, 0.717) is 14.9 Å². The molecule has 0 aliphatic rings. The second kappa shape index (κ2) is 10.1. The molecule has 1 nitrogen and oxygen atoms in total. The van der Waals surface area contributed by atoms with Crippen molar-refractivity contribution in [3.8, 4) is 5.75 Å². The van der Waals surface area contributed by atoms with Crippen molar-refractivity contribution >= 4 is 47.0 Å². The summed E-state index contributed by atoms with van der Waals surface area (Å²) in [4.78, 5) is 2.26. The van der Waals surface area contributed by atoms with Crippen LogP contribution in [0, 0.1) is 0 Å². The summed E-state index contributed by atoms with van der Waals surface area (Å²) in [6.45, 7) is 18.1. The lowest BCUT2D eigenvalue weighted by molar-refractivity contribution is 0.459. The molecule has 5 heteroatoms. The summed E-state index contributed by atoms with van der Waals surface area (Å²) in [7, 11) is 0. The highest BCUT2D eigenvalue weighted by Crippen LogP contribution is 2.49. The van der Waals surface area contributed by atoms with E-state index in [-0.39, 0.29) is 9.49 Å². The highest BCUT2D eigenvalue weighted by Gasteiger charge is 2.24. The normalized spacial score (nSPS) is 15.2. The maximum atomic E-state index is 10.5. The lowest BCUT2D eigenvalue weighted by atomic mass is 10.3. The highest BCUT2D eigenvalue weighted by molar-refractivity contribution is 8.19. The van der Waals surface area contributed by atoms with Crippen molar-refractivity contribution in [2.45, 2.75) is 96.7 Å². The fourth-order valence-corrected chi connectivity index (χ4v) is 8.70. The Kier molecular flexibility index (Phi) is 9.48. The molecule has 0 saturated carbocycles. The van der Waals surface area contributed by atoms with Gasteiger partial charge in [-0.3, -0.25) is 0 Å². The molecule has 2 atom stereocenters. The van der Waals surface area contributed by atoms with Crippen molar-refractivity contribution in [1.82, 2.24) is 0 Å². The minimum absolute atomic E-state index is 0.222. The molecule has 0 aliphatic carbocycles. The van der Waals surface area contributed by atoms with Crippen molar-refractivity contribution in [3.05, 3.63) is 18.2 Å². The van der Waals surface area contributed by atoms with E-state index >= 15 is 0 Å². The smallest absolute Gasteiger partial charge is 0.130 e. The largest absolute Gasteiger partial charge is 0.507 e. The number of hydrogen-bond donors (Lipinski definition) is 1. The van der Waals surface area contributed by atoms with Crippen LogP contribution in [0.3, 0.4) is 0 Å². The summed E-state index contributed by atoms with van der Waals surface area (Å²) in [5.74, 6) is 0.415. The van der Waals surface area contributed by atoms with Crippen LogP contribution in [0.4, 0.5) is 0 Å². The van der Waals surface area contributed by atoms with Gasteiger partial charge in [-0.05, 0) is 25.0 Å². The van der Waals surface area contributed by atoms with E-state index in [1.807, 2.05) is 59.2 Å². The van der Waals surface area contributed by atoms with Crippen LogP contribution in [0.1, 0.15) is 68.2 Å². The Morgan fingerprint density at radius 1 is 0.840 bits per heavy atom. The molecular formula is C20H34OS4. The molecule has 0 bridgehead atoms. The van der Waals surface area contributed by atoms with Crippen LogP contribution in [0.5, 0.6) is 5.75 Å². The standard InChI is InChI=1S/C20H34OS4/c1-9-16(24-19(3,4)5)22-15-13-11-12-14(21)18(15)23-17(10-2)25-20(6,7)8/h11-13,16-17,21H,9-10H2,1-8H3. The maximum Gasteiger partial charge on any atom is 0.130 e. The van der Waals surface area contributed by atoms with Crippen LogP contribution in [0.2, 0.25) is 0 Å². The van der Waals surface area contributed by atoms with Crippen molar-refractivity contribution in [2.75, 3.05) is 0 Å². The van der Waals surface area contributed by atoms with E-state index in [1.165, 1.54) is 4.90 Å². The Hall–Kier alpha value is 0.420. The lowest BCUT2D eigenvalue weighted by Crippen LogP contribution is -2.14. The first kappa shape index (κ1) is 23.5. The lowest BCUT2D eigenvalue weighted by Gasteiger charge is -2.27. The fraction of sp³-hybridized carbons (Fsp3) is 0.700. The number of rotatable bonds is 8. The van der Waals surface area contributed by atoms with Crippen LogP contribution in [0.25, 0.3) is 0 Å². The summed E-state index contributed by atoms with van der Waals surface area (Å²) in [5.41, 5.74) is 0. The number of aromatic hydroxyl groups is 1. The molecule has 0 aliphatic heterocycles. The quantitative estimate of drug-likeness (QED) is 0.339. The molecular weight excluding hydrogens is 384 g/mol. The Labute approximate surface area is 172 Å². The number of hydrogen-bond acceptors (Lipinski definition) is 5. The van der Waals surface area contributed by atoms with E-state index in [1.54, 1.807) is 0 Å². The molecule has 0 amide bonds. The maximum absolute atomic E-state index is 10.5. The Morgan fingerprint density at radius 3 is 1.76 bits per heavy atom. The van der Waals surface area contributed by atoms with E-state index in [9.17, 15) is 5.11 Å². The molecule has 2 unspecified atom stereocenters. The van der Waals surface area contributed by atoms with Crippen molar-refractivity contribution in [1.29, 1.82) is 0 Å². The third kappa shape index (κ3) is 9.25. The molecule has 25 heavy (non-hydrogen) atoms.